The number of hydrogen-bond donors (Lipinski definition) is 1. The first-order valence-corrected chi connectivity index (χ1v) is 6.92. The molecular formula is C17H16N2O3. The fourth-order valence-corrected chi connectivity index (χ4v) is 2.12. The summed E-state index contributed by atoms with van der Waals surface area (Å²) >= 11 is 0. The lowest BCUT2D eigenvalue weighted by Crippen LogP contribution is -2.32. The molecule has 0 radical (unpaired) electrons. The third-order valence-corrected chi connectivity index (χ3v) is 3.15. The Kier molecular flexibility index (Phi) is 5.10. The molecule has 0 heterocycles. The zero-order valence-electron chi connectivity index (χ0n) is 12.2. The normalized spacial score (nSPS) is 11.5. The maximum absolute atomic E-state index is 11.9. The van der Waals surface area contributed by atoms with Crippen LogP contribution >= 0.6 is 0 Å². The Morgan fingerprint density at radius 3 is 2.73 bits per heavy atom. The van der Waals surface area contributed by atoms with Gasteiger partial charge in [-0.25, -0.2) is 0 Å². The van der Waals surface area contributed by atoms with Crippen LogP contribution in [0, 0.1) is 11.3 Å². The van der Waals surface area contributed by atoms with E-state index in [1.807, 2.05) is 42.5 Å². The van der Waals surface area contributed by atoms with Gasteiger partial charge in [-0.1, -0.05) is 42.5 Å². The molecule has 0 spiro atoms. The van der Waals surface area contributed by atoms with E-state index in [-0.39, 0.29) is 18.9 Å². The van der Waals surface area contributed by atoms with Gasteiger partial charge in [-0.15, -0.1) is 0 Å². The smallest absolute Gasteiger partial charge is 0.326 e. The number of benzene rings is 2. The zero-order chi connectivity index (χ0) is 15.9. The Balaban J connectivity index is 1.94. The van der Waals surface area contributed by atoms with Crippen LogP contribution in [0.3, 0.4) is 0 Å². The fourth-order valence-electron chi connectivity index (χ4n) is 2.12. The molecule has 0 aliphatic heterocycles. The second kappa shape index (κ2) is 7.23. The minimum atomic E-state index is -0.817. The average molecular weight is 296 g/mol. The van der Waals surface area contributed by atoms with Gasteiger partial charge in [0.25, 0.3) is 0 Å². The number of nitriles is 1. The van der Waals surface area contributed by atoms with Gasteiger partial charge < -0.3 is 10.1 Å². The summed E-state index contributed by atoms with van der Waals surface area (Å²) in [7, 11) is 0. The van der Waals surface area contributed by atoms with Crippen LogP contribution in [0.25, 0.3) is 10.8 Å². The quantitative estimate of drug-likeness (QED) is 0.855. The third-order valence-electron chi connectivity index (χ3n) is 3.15. The van der Waals surface area contributed by atoms with Crippen LogP contribution in [0.1, 0.15) is 12.5 Å². The molecule has 0 bridgehead atoms. The maximum atomic E-state index is 11.9. The summed E-state index contributed by atoms with van der Waals surface area (Å²) in [5, 5.41) is 13.1. The number of hydrogen-bond acceptors (Lipinski definition) is 4. The number of nitrogens with one attached hydrogen (secondary N) is 1. The highest BCUT2D eigenvalue weighted by molar-refractivity contribution is 5.91. The minimum Gasteiger partial charge on any atom is -0.446 e. The number of rotatable bonds is 5. The van der Waals surface area contributed by atoms with Gasteiger partial charge in [0.15, 0.2) is 6.10 Å². The fraction of sp³-hybridized carbons (Fsp3) is 0.235. The lowest BCUT2D eigenvalue weighted by molar-refractivity contribution is -0.146. The number of ether oxygens (including phenoxy) is 1. The molecule has 0 saturated heterocycles. The van der Waals surface area contributed by atoms with Crippen molar-refractivity contribution in [3.05, 3.63) is 48.0 Å². The Hall–Kier alpha value is -2.87. The number of carbonyl (C=O) groups is 2. The summed E-state index contributed by atoms with van der Waals surface area (Å²) in [6, 6.07) is 15.4. The Labute approximate surface area is 128 Å². The highest BCUT2D eigenvalue weighted by Gasteiger charge is 2.11. The summed E-state index contributed by atoms with van der Waals surface area (Å²) in [6.45, 7) is 1.23. The van der Waals surface area contributed by atoms with Gasteiger partial charge in [-0.05, 0) is 23.3 Å². The van der Waals surface area contributed by atoms with Gasteiger partial charge in [-0.2, -0.15) is 5.26 Å². The monoisotopic (exact) mass is 296 g/mol. The van der Waals surface area contributed by atoms with Crippen molar-refractivity contribution in [2.75, 3.05) is 6.54 Å². The predicted molar refractivity (Wildman–Crippen MR) is 81.8 cm³/mol. The molecule has 0 aromatic heterocycles. The lowest BCUT2D eigenvalue weighted by Gasteiger charge is -2.09. The summed E-state index contributed by atoms with van der Waals surface area (Å²) in [6.07, 6.45) is -0.634. The molecule has 1 amide bonds. The molecule has 112 valence electrons. The van der Waals surface area contributed by atoms with Crippen molar-refractivity contribution in [1.29, 1.82) is 5.26 Å². The largest absolute Gasteiger partial charge is 0.446 e. The molecule has 0 unspecified atom stereocenters. The second-order valence-electron chi connectivity index (χ2n) is 4.85. The van der Waals surface area contributed by atoms with Gasteiger partial charge in [-0.3, -0.25) is 9.59 Å². The molecule has 2 aromatic carbocycles. The molecule has 0 aliphatic carbocycles. The highest BCUT2D eigenvalue weighted by atomic mass is 16.5. The summed E-state index contributed by atoms with van der Waals surface area (Å²) < 4.78 is 4.76. The summed E-state index contributed by atoms with van der Waals surface area (Å²) in [4.78, 5) is 23.3. The maximum Gasteiger partial charge on any atom is 0.326 e. The van der Waals surface area contributed by atoms with Gasteiger partial charge in [0.2, 0.25) is 5.91 Å². The molecule has 1 atom stereocenters. The number of fused-ring (bicyclic) bond motifs is 1. The van der Waals surface area contributed by atoms with E-state index in [9.17, 15) is 9.59 Å². The summed E-state index contributed by atoms with van der Waals surface area (Å²) in [5.41, 5.74) is 0.898. The standard InChI is InChI=1S/C17H16N2O3/c1-12(10-18)22-17(21)11-19-16(20)9-14-7-4-6-13-5-2-3-8-15(13)14/h2-8,12H,9,11H2,1H3,(H,19,20)/t12-/m0/s1. The molecule has 1 N–H and O–H groups in total. The molecular weight excluding hydrogens is 280 g/mol. The van der Waals surface area contributed by atoms with Crippen LogP contribution in [0.15, 0.2) is 42.5 Å². The predicted octanol–water partition coefficient (Wildman–Crippen LogP) is 1.95. The van der Waals surface area contributed by atoms with E-state index in [1.54, 1.807) is 6.07 Å². The van der Waals surface area contributed by atoms with Crippen molar-refractivity contribution in [1.82, 2.24) is 5.32 Å². The number of carbonyl (C=O) groups excluding carboxylic acids is 2. The first-order valence-electron chi connectivity index (χ1n) is 6.92. The lowest BCUT2D eigenvalue weighted by atomic mass is 10.0. The van der Waals surface area contributed by atoms with Gasteiger partial charge >= 0.3 is 5.97 Å². The van der Waals surface area contributed by atoms with Crippen molar-refractivity contribution >= 4 is 22.6 Å². The van der Waals surface area contributed by atoms with E-state index >= 15 is 0 Å². The van der Waals surface area contributed by atoms with Gasteiger partial charge in [0.05, 0.1) is 6.42 Å². The molecule has 2 aromatic rings. The topological polar surface area (TPSA) is 79.2 Å². The van der Waals surface area contributed by atoms with Crippen LogP contribution in [0.2, 0.25) is 0 Å². The molecule has 0 fully saturated rings. The van der Waals surface area contributed by atoms with E-state index in [4.69, 9.17) is 10.00 Å². The van der Waals surface area contributed by atoms with E-state index in [0.717, 1.165) is 16.3 Å². The first-order chi connectivity index (χ1) is 10.6. The minimum absolute atomic E-state index is 0.183. The van der Waals surface area contributed by atoms with E-state index in [1.165, 1.54) is 6.92 Å². The Morgan fingerprint density at radius 1 is 1.23 bits per heavy atom. The van der Waals surface area contributed by atoms with Crippen LogP contribution < -0.4 is 5.32 Å². The molecule has 0 saturated carbocycles. The van der Waals surface area contributed by atoms with Crippen molar-refractivity contribution in [3.8, 4) is 6.07 Å². The average Bonchev–Trinajstić information content (AvgIpc) is 2.53. The Bertz CT molecular complexity index is 729. The van der Waals surface area contributed by atoms with Crippen LogP contribution in [-0.2, 0) is 20.7 Å². The third kappa shape index (κ3) is 4.06. The zero-order valence-corrected chi connectivity index (χ0v) is 12.2. The summed E-state index contributed by atoms with van der Waals surface area (Å²) in [5.74, 6) is -0.891. The van der Waals surface area contributed by atoms with Crippen molar-refractivity contribution < 1.29 is 14.3 Å². The Morgan fingerprint density at radius 2 is 1.95 bits per heavy atom. The second-order valence-corrected chi connectivity index (χ2v) is 4.85. The number of nitrogens with zero attached hydrogens (tertiary/aromatic N) is 1. The van der Waals surface area contributed by atoms with Crippen molar-refractivity contribution in [3.63, 3.8) is 0 Å². The van der Waals surface area contributed by atoms with Crippen LogP contribution in [0.5, 0.6) is 0 Å². The molecule has 2 rings (SSSR count). The van der Waals surface area contributed by atoms with Gasteiger partial charge in [0.1, 0.15) is 12.6 Å². The van der Waals surface area contributed by atoms with E-state index < -0.39 is 12.1 Å². The van der Waals surface area contributed by atoms with Crippen molar-refractivity contribution in [2.45, 2.75) is 19.4 Å². The van der Waals surface area contributed by atoms with E-state index in [2.05, 4.69) is 5.32 Å². The number of amides is 1. The molecule has 0 aliphatic rings. The van der Waals surface area contributed by atoms with Gasteiger partial charge in [0, 0.05) is 0 Å². The first kappa shape index (κ1) is 15.5. The number of esters is 1. The van der Waals surface area contributed by atoms with Crippen molar-refractivity contribution in [2.24, 2.45) is 0 Å². The molecule has 22 heavy (non-hydrogen) atoms. The SMILES string of the molecule is C[C@@H](C#N)OC(=O)CNC(=O)Cc1cccc2ccccc12. The van der Waals surface area contributed by atoms with E-state index in [0.29, 0.717) is 0 Å². The molecule has 5 heteroatoms. The molecule has 5 nitrogen and oxygen atoms in total. The van der Waals surface area contributed by atoms with Crippen LogP contribution in [0.4, 0.5) is 0 Å². The highest BCUT2D eigenvalue weighted by Crippen LogP contribution is 2.18. The van der Waals surface area contributed by atoms with Crippen LogP contribution in [-0.4, -0.2) is 24.5 Å².